The summed E-state index contributed by atoms with van der Waals surface area (Å²) in [6.07, 6.45) is -3.34. The molecule has 0 aliphatic heterocycles. The van der Waals surface area contributed by atoms with Crippen LogP contribution in [0, 0.1) is 0 Å². The fourth-order valence-corrected chi connectivity index (χ4v) is 2.50. The molecule has 0 spiro atoms. The number of alkyl halides is 3. The molecule has 1 heterocycles. The molecule has 0 saturated carbocycles. The number of hydrogen-bond donors (Lipinski definition) is 1. The summed E-state index contributed by atoms with van der Waals surface area (Å²) in [6, 6.07) is 3.73. The molecule has 1 amide bonds. The minimum Gasteiger partial charge on any atom is -0.322 e. The normalized spacial score (nSPS) is 12.6. The van der Waals surface area contributed by atoms with Gasteiger partial charge in [-0.3, -0.25) is 4.79 Å². The van der Waals surface area contributed by atoms with Gasteiger partial charge in [-0.05, 0) is 24.2 Å². The van der Waals surface area contributed by atoms with Gasteiger partial charge in [0.2, 0.25) is 0 Å². The van der Waals surface area contributed by atoms with Gasteiger partial charge in [-0.15, -0.1) is 0 Å². The van der Waals surface area contributed by atoms with Crippen LogP contribution in [0.15, 0.2) is 41.4 Å². The van der Waals surface area contributed by atoms with Crippen molar-refractivity contribution in [2.24, 2.45) is 0 Å². The van der Waals surface area contributed by atoms with E-state index in [0.29, 0.717) is 12.3 Å². The summed E-state index contributed by atoms with van der Waals surface area (Å²) in [5.41, 5.74) is -1.92. The van der Waals surface area contributed by atoms with Crippen LogP contribution in [0.3, 0.4) is 0 Å². The number of carbonyl (C=O) groups excluding carboxylic acids is 1. The monoisotopic (exact) mass is 379 g/mol. The number of aromatic nitrogens is 1. The number of rotatable bonds is 3. The maximum Gasteiger partial charge on any atom is 0.417 e. The zero-order chi connectivity index (χ0) is 19.0. The van der Waals surface area contributed by atoms with Gasteiger partial charge in [0.25, 0.3) is 5.91 Å². The summed E-state index contributed by atoms with van der Waals surface area (Å²) in [6.45, 7) is 0. The van der Waals surface area contributed by atoms with Gasteiger partial charge in [0.05, 0.1) is 17.4 Å². The third kappa shape index (κ3) is 4.24. The van der Waals surface area contributed by atoms with Crippen LogP contribution in [0.25, 0.3) is 0 Å². The van der Waals surface area contributed by atoms with Gasteiger partial charge in [0.1, 0.15) is 5.15 Å². The fourth-order valence-electron chi connectivity index (χ4n) is 1.69. The van der Waals surface area contributed by atoms with Crippen LogP contribution in [0.4, 0.5) is 18.9 Å². The average molecular weight is 380 g/mol. The quantitative estimate of drug-likeness (QED) is 0.829. The third-order valence-corrected chi connectivity index (χ3v) is 4.17. The Morgan fingerprint density at radius 2 is 2.04 bits per heavy atom. The molecule has 0 aliphatic carbocycles. The lowest BCUT2D eigenvalue weighted by atomic mass is 10.2. The predicted molar refractivity (Wildman–Crippen MR) is 81.8 cm³/mol. The summed E-state index contributed by atoms with van der Waals surface area (Å²) in [4.78, 5) is 15.2. The number of halogens is 4. The van der Waals surface area contributed by atoms with E-state index >= 15 is 0 Å². The number of amides is 1. The van der Waals surface area contributed by atoms with E-state index in [2.05, 4.69) is 10.3 Å². The average Bonchev–Trinajstić information content (AvgIpc) is 2.47. The molecular weight excluding hydrogens is 369 g/mol. The van der Waals surface area contributed by atoms with Gasteiger partial charge in [-0.2, -0.15) is 13.2 Å². The SMILES string of the molecule is [2H]c1c(NC(=O)c2cc(C(F)(F)F)cnc2Cl)cccc1S(C)(=O)=O. The second kappa shape index (κ2) is 6.40. The van der Waals surface area contributed by atoms with Crippen LogP contribution in [0.1, 0.15) is 17.3 Å². The number of benzene rings is 1. The maximum atomic E-state index is 12.7. The topological polar surface area (TPSA) is 76.1 Å². The van der Waals surface area contributed by atoms with Crippen LogP contribution in [-0.2, 0) is 16.0 Å². The van der Waals surface area contributed by atoms with Gasteiger partial charge in [0, 0.05) is 18.1 Å². The number of nitrogens with one attached hydrogen (secondary N) is 1. The fraction of sp³-hybridized carbons (Fsp3) is 0.143. The van der Waals surface area contributed by atoms with E-state index in [1.807, 2.05) is 0 Å². The van der Waals surface area contributed by atoms with Crippen LogP contribution < -0.4 is 5.32 Å². The maximum absolute atomic E-state index is 12.7. The van der Waals surface area contributed by atoms with Crippen molar-refractivity contribution in [3.05, 3.63) is 52.8 Å². The van der Waals surface area contributed by atoms with Crippen LogP contribution >= 0.6 is 11.6 Å². The molecule has 0 bridgehead atoms. The standard InChI is InChI=1S/C14H10ClF3N2O3S/c1-24(22,23)10-4-2-3-9(6-10)20-13(21)11-5-8(14(16,17)18)7-19-12(11)15/h2-7H,1H3,(H,20,21)/i6D. The Kier molecular flexibility index (Phi) is 4.46. The minimum absolute atomic E-state index is 0.193. The molecule has 2 rings (SSSR count). The summed E-state index contributed by atoms with van der Waals surface area (Å²) in [5.74, 6) is -1.05. The van der Waals surface area contributed by atoms with E-state index in [0.717, 1.165) is 6.26 Å². The molecule has 0 aliphatic rings. The Morgan fingerprint density at radius 3 is 2.62 bits per heavy atom. The zero-order valence-electron chi connectivity index (χ0n) is 13.0. The predicted octanol–water partition coefficient (Wildman–Crippen LogP) is 3.41. The van der Waals surface area contributed by atoms with Crippen molar-refractivity contribution in [3.63, 3.8) is 0 Å². The lowest BCUT2D eigenvalue weighted by molar-refractivity contribution is -0.137. The van der Waals surface area contributed by atoms with Crippen molar-refractivity contribution in [2.75, 3.05) is 11.6 Å². The molecular formula is C14H10ClF3N2O3S. The second-order valence-corrected chi connectivity index (χ2v) is 7.06. The van der Waals surface area contributed by atoms with E-state index in [-0.39, 0.29) is 10.6 Å². The van der Waals surface area contributed by atoms with Gasteiger partial charge in [-0.1, -0.05) is 17.7 Å². The minimum atomic E-state index is -4.72. The number of nitrogens with zero attached hydrogens (tertiary/aromatic N) is 1. The Balaban J connectivity index is 2.42. The molecule has 24 heavy (non-hydrogen) atoms. The van der Waals surface area contributed by atoms with Gasteiger partial charge in [0.15, 0.2) is 9.84 Å². The lowest BCUT2D eigenvalue weighted by Gasteiger charge is -2.10. The van der Waals surface area contributed by atoms with Crippen LogP contribution in [-0.4, -0.2) is 25.6 Å². The number of sulfone groups is 1. The van der Waals surface area contributed by atoms with E-state index in [1.54, 1.807) is 0 Å². The van der Waals surface area contributed by atoms with Crippen molar-refractivity contribution in [1.29, 1.82) is 0 Å². The van der Waals surface area contributed by atoms with Crippen molar-refractivity contribution in [1.82, 2.24) is 4.98 Å². The van der Waals surface area contributed by atoms with Crippen molar-refractivity contribution in [3.8, 4) is 0 Å². The Hall–Kier alpha value is -2.13. The largest absolute Gasteiger partial charge is 0.417 e. The molecule has 1 aromatic heterocycles. The highest BCUT2D eigenvalue weighted by Crippen LogP contribution is 2.31. The summed E-state index contributed by atoms with van der Waals surface area (Å²) in [5, 5.41) is 1.71. The molecule has 5 nitrogen and oxygen atoms in total. The number of hydrogen-bond acceptors (Lipinski definition) is 4. The molecule has 2 aromatic rings. The van der Waals surface area contributed by atoms with Crippen molar-refractivity contribution < 1.29 is 27.8 Å². The highest BCUT2D eigenvalue weighted by Gasteiger charge is 2.32. The third-order valence-electron chi connectivity index (χ3n) is 2.83. The van der Waals surface area contributed by atoms with Gasteiger partial charge in [-0.25, -0.2) is 13.4 Å². The first-order valence-corrected chi connectivity index (χ1v) is 8.52. The smallest absolute Gasteiger partial charge is 0.322 e. The zero-order valence-corrected chi connectivity index (χ0v) is 13.6. The first kappa shape index (κ1) is 16.7. The molecule has 128 valence electrons. The Morgan fingerprint density at radius 1 is 1.38 bits per heavy atom. The molecule has 10 heteroatoms. The molecule has 0 fully saturated rings. The van der Waals surface area contributed by atoms with Crippen molar-refractivity contribution >= 4 is 33.0 Å². The first-order valence-electron chi connectivity index (χ1n) is 6.75. The Labute approximate surface area is 141 Å². The highest BCUT2D eigenvalue weighted by atomic mass is 35.5. The van der Waals surface area contributed by atoms with E-state index < -0.39 is 44.2 Å². The summed E-state index contributed by atoms with van der Waals surface area (Å²) in [7, 11) is -3.72. The molecule has 0 unspecified atom stereocenters. The van der Waals surface area contributed by atoms with Crippen LogP contribution in [0.5, 0.6) is 0 Å². The van der Waals surface area contributed by atoms with Crippen molar-refractivity contribution in [2.45, 2.75) is 11.1 Å². The van der Waals surface area contributed by atoms with E-state index in [9.17, 15) is 26.4 Å². The summed E-state index contributed by atoms with van der Waals surface area (Å²) >= 11 is 5.67. The molecule has 0 saturated heterocycles. The Bertz CT molecular complexity index is 949. The number of anilines is 1. The van der Waals surface area contributed by atoms with Gasteiger partial charge >= 0.3 is 6.18 Å². The molecule has 1 aromatic carbocycles. The van der Waals surface area contributed by atoms with Gasteiger partial charge < -0.3 is 5.32 Å². The summed E-state index contributed by atoms with van der Waals surface area (Å²) < 4.78 is 69.2. The second-order valence-electron chi connectivity index (χ2n) is 4.72. The molecule has 0 atom stereocenters. The lowest BCUT2D eigenvalue weighted by Crippen LogP contribution is -2.15. The van der Waals surface area contributed by atoms with E-state index in [4.69, 9.17) is 13.0 Å². The van der Waals surface area contributed by atoms with Crippen LogP contribution in [0.2, 0.25) is 5.15 Å². The first-order chi connectivity index (χ1) is 11.4. The molecule has 0 radical (unpaired) electrons. The molecule has 1 N–H and O–H groups in total. The number of pyridine rings is 1. The van der Waals surface area contributed by atoms with E-state index in [1.165, 1.54) is 18.2 Å². The highest BCUT2D eigenvalue weighted by molar-refractivity contribution is 7.90. The number of carbonyl (C=O) groups is 1.